The first-order chi connectivity index (χ1) is 22.0. The topological polar surface area (TPSA) is 78.9 Å². The van der Waals surface area contributed by atoms with E-state index in [2.05, 4.69) is 20.8 Å². The first kappa shape index (κ1) is 43.4. The van der Waals surface area contributed by atoms with Gasteiger partial charge in [0.2, 0.25) is 0 Å². The number of ether oxygens (including phenoxy) is 3. The summed E-state index contributed by atoms with van der Waals surface area (Å²) in [5.41, 5.74) is 0. The van der Waals surface area contributed by atoms with E-state index in [-0.39, 0.29) is 31.1 Å². The van der Waals surface area contributed by atoms with Crippen LogP contribution in [0.3, 0.4) is 0 Å². The van der Waals surface area contributed by atoms with E-state index in [1.54, 1.807) is 0 Å². The molecular weight excluding hydrogens is 564 g/mol. The summed E-state index contributed by atoms with van der Waals surface area (Å²) in [6.45, 7) is 6.56. The fraction of sp³-hybridized carbons (Fsp3) is 0.923. The van der Waals surface area contributed by atoms with Crippen LogP contribution in [0.15, 0.2) is 0 Å². The van der Waals surface area contributed by atoms with Gasteiger partial charge in [0.25, 0.3) is 0 Å². The van der Waals surface area contributed by atoms with Crippen molar-refractivity contribution < 1.29 is 28.6 Å². The van der Waals surface area contributed by atoms with Crippen molar-refractivity contribution in [3.8, 4) is 0 Å². The molecule has 1 atom stereocenters. The molecule has 0 aromatic carbocycles. The fourth-order valence-corrected chi connectivity index (χ4v) is 5.62. The van der Waals surface area contributed by atoms with Crippen LogP contribution in [0.25, 0.3) is 0 Å². The van der Waals surface area contributed by atoms with Crippen LogP contribution in [-0.2, 0) is 28.6 Å². The maximum Gasteiger partial charge on any atom is 0.306 e. The second-order valence-corrected chi connectivity index (χ2v) is 13.2. The SMILES string of the molecule is CCCCCCCCCCCCCC(=O)OCC(COC(=O)CCCCCCCCC)OC(=O)CCCCCCCCCCC. The predicted octanol–water partition coefficient (Wildman–Crippen LogP) is 11.7. The minimum Gasteiger partial charge on any atom is -0.462 e. The molecular formula is C39H74O6. The maximum atomic E-state index is 12.6. The van der Waals surface area contributed by atoms with Gasteiger partial charge in [0.15, 0.2) is 6.10 Å². The average Bonchev–Trinajstić information content (AvgIpc) is 3.03. The van der Waals surface area contributed by atoms with Crippen LogP contribution in [0, 0.1) is 0 Å². The third-order valence-electron chi connectivity index (χ3n) is 8.61. The number of hydrogen-bond donors (Lipinski definition) is 0. The first-order valence-electron chi connectivity index (χ1n) is 19.5. The molecule has 0 N–H and O–H groups in total. The summed E-state index contributed by atoms with van der Waals surface area (Å²) in [5, 5.41) is 0. The standard InChI is InChI=1S/C39H74O6/c1-4-7-10-13-16-18-19-21-23-26-29-32-38(41)44-35-36(34-43-37(40)31-28-25-22-15-12-9-6-3)45-39(42)33-30-27-24-20-17-14-11-8-5-2/h36H,4-35H2,1-3H3. The molecule has 0 rings (SSSR count). The molecule has 0 saturated carbocycles. The van der Waals surface area contributed by atoms with E-state index in [4.69, 9.17) is 14.2 Å². The maximum absolute atomic E-state index is 12.6. The number of carbonyl (C=O) groups is 3. The van der Waals surface area contributed by atoms with Gasteiger partial charge in [-0.25, -0.2) is 0 Å². The van der Waals surface area contributed by atoms with Gasteiger partial charge in [0, 0.05) is 19.3 Å². The first-order valence-corrected chi connectivity index (χ1v) is 19.5. The lowest BCUT2D eigenvalue weighted by molar-refractivity contribution is -0.167. The smallest absolute Gasteiger partial charge is 0.306 e. The minimum absolute atomic E-state index is 0.0644. The number of esters is 3. The summed E-state index contributed by atoms with van der Waals surface area (Å²) in [7, 11) is 0. The summed E-state index contributed by atoms with van der Waals surface area (Å²) in [6.07, 6.45) is 32.4. The normalized spacial score (nSPS) is 11.8. The molecule has 0 spiro atoms. The zero-order chi connectivity index (χ0) is 33.1. The highest BCUT2D eigenvalue weighted by atomic mass is 16.6. The van der Waals surface area contributed by atoms with E-state index >= 15 is 0 Å². The zero-order valence-electron chi connectivity index (χ0n) is 30.2. The van der Waals surface area contributed by atoms with Crippen LogP contribution in [0.5, 0.6) is 0 Å². The summed E-state index contributed by atoms with van der Waals surface area (Å²) in [6, 6.07) is 0. The zero-order valence-corrected chi connectivity index (χ0v) is 30.2. The average molecular weight is 639 g/mol. The summed E-state index contributed by atoms with van der Waals surface area (Å²) >= 11 is 0. The lowest BCUT2D eigenvalue weighted by Gasteiger charge is -2.18. The fourth-order valence-electron chi connectivity index (χ4n) is 5.62. The Hall–Kier alpha value is -1.59. The van der Waals surface area contributed by atoms with E-state index in [1.165, 1.54) is 116 Å². The van der Waals surface area contributed by atoms with E-state index < -0.39 is 6.10 Å². The van der Waals surface area contributed by atoms with Crippen LogP contribution in [0.2, 0.25) is 0 Å². The van der Waals surface area contributed by atoms with Crippen LogP contribution < -0.4 is 0 Å². The number of unbranched alkanes of at least 4 members (excludes halogenated alkanes) is 24. The van der Waals surface area contributed by atoms with Crippen LogP contribution >= 0.6 is 0 Å². The number of carbonyl (C=O) groups excluding carboxylic acids is 3. The van der Waals surface area contributed by atoms with Gasteiger partial charge in [0.1, 0.15) is 13.2 Å². The van der Waals surface area contributed by atoms with E-state index in [0.717, 1.165) is 57.8 Å². The van der Waals surface area contributed by atoms with Crippen LogP contribution in [0.1, 0.15) is 213 Å². The molecule has 0 heterocycles. The van der Waals surface area contributed by atoms with Crippen molar-refractivity contribution in [3.63, 3.8) is 0 Å². The Bertz CT molecular complexity index is 664. The number of hydrogen-bond acceptors (Lipinski definition) is 6. The molecule has 0 aliphatic carbocycles. The van der Waals surface area contributed by atoms with Crippen molar-refractivity contribution >= 4 is 17.9 Å². The van der Waals surface area contributed by atoms with Crippen LogP contribution in [0.4, 0.5) is 0 Å². The molecule has 6 heteroatoms. The molecule has 0 aromatic heterocycles. The quantitative estimate of drug-likeness (QED) is 0.0390. The van der Waals surface area contributed by atoms with Gasteiger partial charge in [0.05, 0.1) is 0 Å². The van der Waals surface area contributed by atoms with Gasteiger partial charge in [-0.3, -0.25) is 14.4 Å². The monoisotopic (exact) mass is 639 g/mol. The molecule has 0 aliphatic rings. The van der Waals surface area contributed by atoms with Crippen molar-refractivity contribution in [2.75, 3.05) is 13.2 Å². The van der Waals surface area contributed by atoms with Gasteiger partial charge >= 0.3 is 17.9 Å². The molecule has 0 aromatic rings. The third kappa shape index (κ3) is 33.6. The molecule has 0 fully saturated rings. The van der Waals surface area contributed by atoms with Gasteiger partial charge in [-0.2, -0.15) is 0 Å². The molecule has 0 aliphatic heterocycles. The summed E-state index contributed by atoms with van der Waals surface area (Å²) in [5.74, 6) is -0.872. The summed E-state index contributed by atoms with van der Waals surface area (Å²) < 4.78 is 16.5. The second-order valence-electron chi connectivity index (χ2n) is 13.2. The van der Waals surface area contributed by atoms with Gasteiger partial charge < -0.3 is 14.2 Å². The second kappa shape index (κ2) is 35.3. The van der Waals surface area contributed by atoms with Crippen molar-refractivity contribution in [1.82, 2.24) is 0 Å². The molecule has 0 amide bonds. The van der Waals surface area contributed by atoms with Crippen molar-refractivity contribution in [3.05, 3.63) is 0 Å². The predicted molar refractivity (Wildman–Crippen MR) is 187 cm³/mol. The Morgan fingerprint density at radius 3 is 0.889 bits per heavy atom. The van der Waals surface area contributed by atoms with Gasteiger partial charge in [-0.05, 0) is 19.3 Å². The minimum atomic E-state index is -0.754. The molecule has 6 nitrogen and oxygen atoms in total. The van der Waals surface area contributed by atoms with Gasteiger partial charge in [-0.1, -0.05) is 175 Å². The summed E-state index contributed by atoms with van der Waals surface area (Å²) in [4.78, 5) is 37.3. The van der Waals surface area contributed by atoms with Crippen molar-refractivity contribution in [2.45, 2.75) is 219 Å². The Labute approximate surface area is 278 Å². The van der Waals surface area contributed by atoms with Crippen LogP contribution in [-0.4, -0.2) is 37.2 Å². The van der Waals surface area contributed by atoms with Gasteiger partial charge in [-0.15, -0.1) is 0 Å². The Balaban J connectivity index is 4.31. The van der Waals surface area contributed by atoms with E-state index in [9.17, 15) is 14.4 Å². The van der Waals surface area contributed by atoms with Crippen molar-refractivity contribution in [2.24, 2.45) is 0 Å². The molecule has 0 bridgehead atoms. The highest BCUT2D eigenvalue weighted by molar-refractivity contribution is 5.71. The molecule has 266 valence electrons. The van der Waals surface area contributed by atoms with E-state index in [1.807, 2.05) is 0 Å². The highest BCUT2D eigenvalue weighted by Crippen LogP contribution is 2.14. The Morgan fingerprint density at radius 2 is 0.600 bits per heavy atom. The lowest BCUT2D eigenvalue weighted by Crippen LogP contribution is -2.30. The Kier molecular flexibility index (Phi) is 34.0. The van der Waals surface area contributed by atoms with E-state index in [0.29, 0.717) is 19.3 Å². The molecule has 0 radical (unpaired) electrons. The molecule has 45 heavy (non-hydrogen) atoms. The number of rotatable bonds is 35. The lowest BCUT2D eigenvalue weighted by atomic mass is 10.1. The Morgan fingerprint density at radius 1 is 0.356 bits per heavy atom. The van der Waals surface area contributed by atoms with Crippen molar-refractivity contribution in [1.29, 1.82) is 0 Å². The largest absolute Gasteiger partial charge is 0.462 e. The molecule has 0 saturated heterocycles. The third-order valence-corrected chi connectivity index (χ3v) is 8.61. The highest BCUT2D eigenvalue weighted by Gasteiger charge is 2.19. The molecule has 1 unspecified atom stereocenters.